The van der Waals surface area contributed by atoms with Crippen LogP contribution in [0.5, 0.6) is 0 Å². The minimum Gasteiger partial charge on any atom is -0.481 e. The van der Waals surface area contributed by atoms with Crippen LogP contribution in [0.1, 0.15) is 43.4 Å². The number of thiophene rings is 1. The lowest BCUT2D eigenvalue weighted by Gasteiger charge is -2.19. The molecule has 7 heteroatoms. The number of hydrogen-bond donors (Lipinski definition) is 4. The highest BCUT2D eigenvalue weighted by atomic mass is 35.5. The summed E-state index contributed by atoms with van der Waals surface area (Å²) in [5.74, 6) is -1.12. The molecule has 1 fully saturated rings. The third-order valence-electron chi connectivity index (χ3n) is 5.17. The van der Waals surface area contributed by atoms with Crippen molar-refractivity contribution in [2.75, 3.05) is 0 Å². The summed E-state index contributed by atoms with van der Waals surface area (Å²) >= 11 is 7.64. The lowest BCUT2D eigenvalue weighted by Crippen LogP contribution is -2.20. The first-order valence-corrected chi connectivity index (χ1v) is 11.0. The second-order valence-electron chi connectivity index (χ2n) is 7.29. The Morgan fingerprint density at radius 3 is 2.79 bits per heavy atom. The van der Waals surface area contributed by atoms with Crippen molar-refractivity contribution in [3.63, 3.8) is 0 Å². The molecule has 5 atom stereocenters. The molecule has 0 bridgehead atoms. The van der Waals surface area contributed by atoms with Gasteiger partial charge in [-0.25, -0.2) is 0 Å². The summed E-state index contributed by atoms with van der Waals surface area (Å²) in [4.78, 5) is 11.6. The molecule has 1 heterocycles. The van der Waals surface area contributed by atoms with Crippen LogP contribution in [0.25, 0.3) is 0 Å². The van der Waals surface area contributed by atoms with E-state index in [4.69, 9.17) is 16.7 Å². The van der Waals surface area contributed by atoms with Gasteiger partial charge in [-0.2, -0.15) is 0 Å². The molecule has 0 aliphatic heterocycles. The Kier molecular flexibility index (Phi) is 9.68. The highest BCUT2D eigenvalue weighted by Crippen LogP contribution is 2.36. The third kappa shape index (κ3) is 7.33. The molecule has 1 aromatic heterocycles. The van der Waals surface area contributed by atoms with Crippen molar-refractivity contribution in [3.8, 4) is 0 Å². The van der Waals surface area contributed by atoms with Crippen LogP contribution < -0.4 is 0 Å². The Balaban J connectivity index is 1.82. The zero-order chi connectivity index (χ0) is 20.5. The Morgan fingerprint density at radius 2 is 2.11 bits per heavy atom. The second kappa shape index (κ2) is 11.7. The van der Waals surface area contributed by atoms with Crippen LogP contribution in [0, 0.1) is 11.8 Å². The van der Waals surface area contributed by atoms with Crippen LogP contribution in [0.15, 0.2) is 35.8 Å². The highest BCUT2D eigenvalue weighted by Gasteiger charge is 2.39. The summed E-state index contributed by atoms with van der Waals surface area (Å²) in [5.41, 5.74) is 0. The molecular weight excluding hydrogens is 400 g/mol. The number of rotatable bonds is 11. The van der Waals surface area contributed by atoms with E-state index < -0.39 is 24.3 Å². The second-order valence-corrected chi connectivity index (χ2v) is 8.70. The van der Waals surface area contributed by atoms with Gasteiger partial charge in [-0.15, -0.1) is 11.3 Å². The van der Waals surface area contributed by atoms with Crippen molar-refractivity contribution in [2.45, 2.75) is 63.3 Å². The number of aliphatic carboxylic acids is 1. The zero-order valence-corrected chi connectivity index (χ0v) is 17.4. The molecule has 1 saturated carbocycles. The van der Waals surface area contributed by atoms with E-state index in [1.54, 1.807) is 17.4 Å². The molecule has 1 aromatic rings. The van der Waals surface area contributed by atoms with E-state index in [0.29, 0.717) is 38.5 Å². The molecule has 28 heavy (non-hydrogen) atoms. The number of aryl methyl sites for hydroxylation is 1. The smallest absolute Gasteiger partial charge is 0.303 e. The molecule has 0 radical (unpaired) electrons. The van der Waals surface area contributed by atoms with Gasteiger partial charge in [0, 0.05) is 23.6 Å². The summed E-state index contributed by atoms with van der Waals surface area (Å²) in [6.45, 7) is 0. The van der Waals surface area contributed by atoms with Gasteiger partial charge < -0.3 is 20.4 Å². The quantitative estimate of drug-likeness (QED) is 0.317. The van der Waals surface area contributed by atoms with Crippen LogP contribution in [0.3, 0.4) is 0 Å². The maximum absolute atomic E-state index is 10.5. The molecule has 0 amide bonds. The van der Waals surface area contributed by atoms with Gasteiger partial charge in [0.2, 0.25) is 0 Å². The lowest BCUT2D eigenvalue weighted by atomic mass is 9.89. The number of carbonyl (C=O) groups is 1. The van der Waals surface area contributed by atoms with E-state index in [-0.39, 0.29) is 18.3 Å². The molecule has 0 spiro atoms. The zero-order valence-electron chi connectivity index (χ0n) is 15.8. The standard InChI is InChI=1S/C21H29ClO5S/c22-17-11-12-28-20(17)10-8-14(23)7-9-16-15(18(24)13-19(16)25)5-3-1-2-4-6-21(26)27/h1,3,7,9,11-12,14-16,18-19,23-25H,2,4-6,8,10,13H2,(H,26,27)/b3-1+,9-7+. The topological polar surface area (TPSA) is 98.0 Å². The predicted octanol–water partition coefficient (Wildman–Crippen LogP) is 3.81. The number of aliphatic hydroxyl groups is 3. The molecule has 2 rings (SSSR count). The maximum Gasteiger partial charge on any atom is 0.303 e. The van der Waals surface area contributed by atoms with E-state index in [0.717, 1.165) is 9.90 Å². The van der Waals surface area contributed by atoms with Crippen molar-refractivity contribution >= 4 is 28.9 Å². The molecule has 0 saturated heterocycles. The fourth-order valence-electron chi connectivity index (χ4n) is 3.58. The fourth-order valence-corrected chi connectivity index (χ4v) is 4.73. The Hall–Kier alpha value is -1.18. The largest absolute Gasteiger partial charge is 0.481 e. The van der Waals surface area contributed by atoms with E-state index in [2.05, 4.69) is 0 Å². The number of unbranched alkanes of at least 4 members (excludes halogenated alkanes) is 1. The van der Waals surface area contributed by atoms with Crippen LogP contribution in [0.4, 0.5) is 0 Å². The van der Waals surface area contributed by atoms with E-state index in [1.807, 2.05) is 29.7 Å². The summed E-state index contributed by atoms with van der Waals surface area (Å²) in [5, 5.41) is 42.0. The molecule has 1 aliphatic rings. The monoisotopic (exact) mass is 428 g/mol. The molecule has 5 nitrogen and oxygen atoms in total. The molecule has 5 unspecified atom stereocenters. The Morgan fingerprint density at radius 1 is 1.32 bits per heavy atom. The molecular formula is C21H29ClO5S. The Labute approximate surface area is 175 Å². The number of halogens is 1. The third-order valence-corrected chi connectivity index (χ3v) is 6.61. The fraction of sp³-hybridized carbons (Fsp3) is 0.571. The van der Waals surface area contributed by atoms with E-state index in [9.17, 15) is 20.1 Å². The van der Waals surface area contributed by atoms with Crippen molar-refractivity contribution in [3.05, 3.63) is 45.7 Å². The first-order chi connectivity index (χ1) is 13.4. The summed E-state index contributed by atoms with van der Waals surface area (Å²) in [6.07, 6.45) is 9.17. The number of carboxylic acid groups (broad SMARTS) is 1. The van der Waals surface area contributed by atoms with Crippen LogP contribution in [-0.4, -0.2) is 44.7 Å². The number of carboxylic acids is 1. The summed E-state index contributed by atoms with van der Waals surface area (Å²) < 4.78 is 0. The van der Waals surface area contributed by atoms with E-state index >= 15 is 0 Å². The van der Waals surface area contributed by atoms with Gasteiger partial charge in [0.1, 0.15) is 0 Å². The normalized spacial score (nSPS) is 26.4. The van der Waals surface area contributed by atoms with Gasteiger partial charge in [0.05, 0.1) is 23.3 Å². The molecule has 1 aliphatic carbocycles. The summed E-state index contributed by atoms with van der Waals surface area (Å²) in [7, 11) is 0. The molecule has 0 aromatic carbocycles. The van der Waals surface area contributed by atoms with Crippen molar-refractivity contribution in [2.24, 2.45) is 11.8 Å². The minimum absolute atomic E-state index is 0.110. The van der Waals surface area contributed by atoms with Gasteiger partial charge in [0.25, 0.3) is 0 Å². The van der Waals surface area contributed by atoms with Gasteiger partial charge >= 0.3 is 5.97 Å². The number of allylic oxidation sites excluding steroid dienone is 2. The van der Waals surface area contributed by atoms with Crippen LogP contribution in [0.2, 0.25) is 5.02 Å². The van der Waals surface area contributed by atoms with Crippen molar-refractivity contribution < 1.29 is 25.2 Å². The van der Waals surface area contributed by atoms with Gasteiger partial charge in [0.15, 0.2) is 0 Å². The minimum atomic E-state index is -0.798. The number of hydrogen-bond acceptors (Lipinski definition) is 5. The molecule has 156 valence electrons. The van der Waals surface area contributed by atoms with Crippen LogP contribution >= 0.6 is 22.9 Å². The molecule has 4 N–H and O–H groups in total. The van der Waals surface area contributed by atoms with Gasteiger partial charge in [-0.3, -0.25) is 4.79 Å². The van der Waals surface area contributed by atoms with Crippen molar-refractivity contribution in [1.29, 1.82) is 0 Å². The highest BCUT2D eigenvalue weighted by molar-refractivity contribution is 7.10. The number of aliphatic hydroxyl groups excluding tert-OH is 3. The predicted molar refractivity (Wildman–Crippen MR) is 112 cm³/mol. The lowest BCUT2D eigenvalue weighted by molar-refractivity contribution is -0.137. The van der Waals surface area contributed by atoms with Crippen LogP contribution in [-0.2, 0) is 11.2 Å². The van der Waals surface area contributed by atoms with E-state index in [1.165, 1.54) is 0 Å². The Bertz CT molecular complexity index is 672. The average Bonchev–Trinajstić information content (AvgIpc) is 3.16. The average molecular weight is 429 g/mol. The van der Waals surface area contributed by atoms with Crippen molar-refractivity contribution in [1.82, 2.24) is 0 Å². The first kappa shape index (κ1) is 23.1. The summed E-state index contributed by atoms with van der Waals surface area (Å²) in [6, 6.07) is 1.85. The van der Waals surface area contributed by atoms with Gasteiger partial charge in [-0.05, 0) is 49.5 Å². The SMILES string of the molecule is O=C(O)CCC/C=C/CC1C(O)CC(O)C1/C=C/C(O)CCc1sccc1Cl. The van der Waals surface area contributed by atoms with Gasteiger partial charge in [-0.1, -0.05) is 35.9 Å². The first-order valence-electron chi connectivity index (χ1n) is 9.69. The maximum atomic E-state index is 10.5.